The summed E-state index contributed by atoms with van der Waals surface area (Å²) in [5.74, 6) is 1.23. The summed E-state index contributed by atoms with van der Waals surface area (Å²) in [5, 5.41) is 16.8. The van der Waals surface area contributed by atoms with Crippen LogP contribution in [0.25, 0.3) is 0 Å². The van der Waals surface area contributed by atoms with Gasteiger partial charge in [0.15, 0.2) is 5.96 Å². The molecule has 1 heterocycles. The van der Waals surface area contributed by atoms with Crippen molar-refractivity contribution in [3.8, 4) is 0 Å². The van der Waals surface area contributed by atoms with E-state index < -0.39 is 6.10 Å². The molecule has 2 unspecified atom stereocenters. The fraction of sp³-hybridized carbons (Fsp3) is 0.682. The Balaban J connectivity index is 1.79. The number of hydrogen-bond donors (Lipinski definition) is 3. The number of nitrogens with one attached hydrogen (secondary N) is 2. The first-order chi connectivity index (χ1) is 13.6. The molecule has 0 amide bonds. The summed E-state index contributed by atoms with van der Waals surface area (Å²) >= 11 is 0. The largest absolute Gasteiger partial charge is 0.389 e. The predicted octanol–water partition coefficient (Wildman–Crippen LogP) is 2.24. The SMILES string of the molecule is CCNC(=NCC(O)COCC(C)C)NCC1CCCN1Cc1ccccc1. The minimum Gasteiger partial charge on any atom is -0.389 e. The van der Waals surface area contributed by atoms with E-state index in [1.54, 1.807) is 0 Å². The Bertz CT molecular complexity index is 565. The van der Waals surface area contributed by atoms with E-state index in [9.17, 15) is 5.11 Å². The lowest BCUT2D eigenvalue weighted by molar-refractivity contribution is 0.0301. The monoisotopic (exact) mass is 390 g/mol. The Morgan fingerprint density at radius 2 is 2.04 bits per heavy atom. The lowest BCUT2D eigenvalue weighted by atomic mass is 10.2. The Labute approximate surface area is 170 Å². The highest BCUT2D eigenvalue weighted by Gasteiger charge is 2.24. The van der Waals surface area contributed by atoms with Crippen LogP contribution >= 0.6 is 0 Å². The Kier molecular flexibility index (Phi) is 10.3. The molecule has 2 rings (SSSR count). The highest BCUT2D eigenvalue weighted by atomic mass is 16.5. The molecule has 3 N–H and O–H groups in total. The summed E-state index contributed by atoms with van der Waals surface area (Å²) in [6.45, 7) is 11.4. The van der Waals surface area contributed by atoms with Crippen molar-refractivity contribution in [1.82, 2.24) is 15.5 Å². The first-order valence-corrected chi connectivity index (χ1v) is 10.6. The average Bonchev–Trinajstić information content (AvgIpc) is 3.11. The molecular formula is C22H38N4O2. The zero-order valence-corrected chi connectivity index (χ0v) is 17.7. The van der Waals surface area contributed by atoms with Crippen molar-refractivity contribution in [3.05, 3.63) is 35.9 Å². The summed E-state index contributed by atoms with van der Waals surface area (Å²) in [7, 11) is 0. The predicted molar refractivity (Wildman–Crippen MR) is 116 cm³/mol. The summed E-state index contributed by atoms with van der Waals surface area (Å²) in [5.41, 5.74) is 1.36. The summed E-state index contributed by atoms with van der Waals surface area (Å²) in [6.07, 6.45) is 1.86. The summed E-state index contributed by atoms with van der Waals surface area (Å²) in [6, 6.07) is 11.2. The van der Waals surface area contributed by atoms with E-state index in [1.165, 1.54) is 18.4 Å². The molecule has 0 spiro atoms. The van der Waals surface area contributed by atoms with Gasteiger partial charge in [-0.05, 0) is 37.8 Å². The lowest BCUT2D eigenvalue weighted by Crippen LogP contribution is -2.45. The van der Waals surface area contributed by atoms with Gasteiger partial charge in [0, 0.05) is 32.3 Å². The van der Waals surface area contributed by atoms with E-state index in [1.807, 2.05) is 0 Å². The molecule has 28 heavy (non-hydrogen) atoms. The van der Waals surface area contributed by atoms with Crippen molar-refractivity contribution < 1.29 is 9.84 Å². The van der Waals surface area contributed by atoms with Gasteiger partial charge in [0.1, 0.15) is 0 Å². The van der Waals surface area contributed by atoms with Crippen LogP contribution in [0.5, 0.6) is 0 Å². The molecule has 0 saturated carbocycles. The van der Waals surface area contributed by atoms with Crippen LogP contribution in [0, 0.1) is 5.92 Å². The fourth-order valence-electron chi connectivity index (χ4n) is 3.40. The van der Waals surface area contributed by atoms with Crippen molar-refractivity contribution in [1.29, 1.82) is 0 Å². The van der Waals surface area contributed by atoms with Crippen molar-refractivity contribution in [3.63, 3.8) is 0 Å². The molecule has 1 aromatic rings. The van der Waals surface area contributed by atoms with Gasteiger partial charge in [-0.2, -0.15) is 0 Å². The molecule has 1 aromatic carbocycles. The van der Waals surface area contributed by atoms with Gasteiger partial charge in [-0.15, -0.1) is 0 Å². The lowest BCUT2D eigenvalue weighted by Gasteiger charge is -2.25. The molecule has 1 saturated heterocycles. The van der Waals surface area contributed by atoms with Gasteiger partial charge in [0.2, 0.25) is 0 Å². The van der Waals surface area contributed by atoms with Gasteiger partial charge in [-0.25, -0.2) is 0 Å². The molecule has 1 aliphatic heterocycles. The summed E-state index contributed by atoms with van der Waals surface area (Å²) < 4.78 is 5.49. The highest BCUT2D eigenvalue weighted by Crippen LogP contribution is 2.19. The van der Waals surface area contributed by atoms with Gasteiger partial charge < -0.3 is 20.5 Å². The number of rotatable bonds is 11. The van der Waals surface area contributed by atoms with E-state index in [0.29, 0.717) is 31.7 Å². The normalized spacial score (nSPS) is 19.2. The minimum absolute atomic E-state index is 0.328. The quantitative estimate of drug-likeness (QED) is 0.399. The van der Waals surface area contributed by atoms with Crippen LogP contribution in [0.4, 0.5) is 0 Å². The standard InChI is InChI=1S/C22H38N4O2/c1-4-23-22(25-14-21(27)17-28-16-18(2)3)24-13-20-11-8-12-26(20)15-19-9-6-5-7-10-19/h5-7,9-10,18,20-21,27H,4,8,11-17H2,1-3H3,(H2,23,24,25). The molecule has 6 nitrogen and oxygen atoms in total. The number of benzene rings is 1. The minimum atomic E-state index is -0.574. The van der Waals surface area contributed by atoms with Gasteiger partial charge in [-0.1, -0.05) is 44.2 Å². The molecule has 2 atom stereocenters. The number of guanidine groups is 1. The third-order valence-electron chi connectivity index (χ3n) is 4.80. The number of hydrogen-bond acceptors (Lipinski definition) is 4. The van der Waals surface area contributed by atoms with Crippen LogP contribution < -0.4 is 10.6 Å². The van der Waals surface area contributed by atoms with Crippen LogP contribution in [0.3, 0.4) is 0 Å². The molecular weight excluding hydrogens is 352 g/mol. The first-order valence-electron chi connectivity index (χ1n) is 10.6. The first kappa shape index (κ1) is 22.7. The number of ether oxygens (including phenoxy) is 1. The highest BCUT2D eigenvalue weighted by molar-refractivity contribution is 5.79. The number of likely N-dealkylation sites (tertiary alicyclic amines) is 1. The van der Waals surface area contributed by atoms with Gasteiger partial charge >= 0.3 is 0 Å². The maximum absolute atomic E-state index is 10.1. The van der Waals surface area contributed by atoms with Gasteiger partial charge in [0.05, 0.1) is 19.3 Å². The second-order valence-electron chi connectivity index (χ2n) is 7.94. The van der Waals surface area contributed by atoms with Crippen molar-refractivity contribution in [2.24, 2.45) is 10.9 Å². The fourth-order valence-corrected chi connectivity index (χ4v) is 3.40. The number of aliphatic hydroxyl groups is 1. The zero-order chi connectivity index (χ0) is 20.2. The number of aliphatic imine (C=N–C) groups is 1. The third-order valence-corrected chi connectivity index (χ3v) is 4.80. The second-order valence-corrected chi connectivity index (χ2v) is 7.94. The second kappa shape index (κ2) is 12.8. The maximum Gasteiger partial charge on any atom is 0.191 e. The van der Waals surface area contributed by atoms with Gasteiger partial charge in [0.25, 0.3) is 0 Å². The van der Waals surface area contributed by atoms with Crippen molar-refractivity contribution >= 4 is 5.96 Å². The maximum atomic E-state index is 10.1. The molecule has 0 radical (unpaired) electrons. The molecule has 1 aliphatic rings. The Morgan fingerprint density at radius 3 is 2.75 bits per heavy atom. The third kappa shape index (κ3) is 8.59. The smallest absolute Gasteiger partial charge is 0.191 e. The molecule has 6 heteroatoms. The average molecular weight is 391 g/mol. The topological polar surface area (TPSA) is 69.1 Å². The number of aliphatic hydroxyl groups excluding tert-OH is 1. The van der Waals surface area contributed by atoms with E-state index in [-0.39, 0.29) is 0 Å². The Morgan fingerprint density at radius 1 is 1.25 bits per heavy atom. The van der Waals surface area contributed by atoms with E-state index in [2.05, 4.69) is 71.6 Å². The van der Waals surface area contributed by atoms with Gasteiger partial charge in [-0.3, -0.25) is 9.89 Å². The molecule has 0 aliphatic carbocycles. The van der Waals surface area contributed by atoms with E-state index in [0.717, 1.165) is 32.1 Å². The molecule has 0 bridgehead atoms. The molecule has 1 fully saturated rings. The van der Waals surface area contributed by atoms with Crippen LogP contribution in [0.1, 0.15) is 39.2 Å². The van der Waals surface area contributed by atoms with Crippen LogP contribution in [0.15, 0.2) is 35.3 Å². The Hall–Kier alpha value is -1.63. The van der Waals surface area contributed by atoms with Crippen LogP contribution in [-0.4, -0.2) is 67.5 Å². The van der Waals surface area contributed by atoms with Crippen molar-refractivity contribution in [2.45, 2.75) is 52.3 Å². The number of nitrogens with zero attached hydrogens (tertiary/aromatic N) is 2. The van der Waals surface area contributed by atoms with E-state index >= 15 is 0 Å². The summed E-state index contributed by atoms with van der Waals surface area (Å²) in [4.78, 5) is 7.07. The van der Waals surface area contributed by atoms with Crippen LogP contribution in [0.2, 0.25) is 0 Å². The zero-order valence-electron chi connectivity index (χ0n) is 17.7. The molecule has 0 aromatic heterocycles. The van der Waals surface area contributed by atoms with Crippen LogP contribution in [-0.2, 0) is 11.3 Å². The van der Waals surface area contributed by atoms with E-state index in [4.69, 9.17) is 4.74 Å². The van der Waals surface area contributed by atoms with Crippen molar-refractivity contribution in [2.75, 3.05) is 39.4 Å². The molecule has 158 valence electrons.